The van der Waals surface area contributed by atoms with Crippen LogP contribution in [0.5, 0.6) is 0 Å². The normalized spacial score (nSPS) is 8.75. The zero-order valence-corrected chi connectivity index (χ0v) is 5.66. The molecule has 0 aromatic carbocycles. The minimum atomic E-state index is -0.0893. The molecule has 0 aliphatic carbocycles. The summed E-state index contributed by atoms with van der Waals surface area (Å²) in [4.78, 5) is 10.3. The van der Waals surface area contributed by atoms with Gasteiger partial charge in [-0.2, -0.15) is 0 Å². The van der Waals surface area contributed by atoms with Crippen molar-refractivity contribution in [2.75, 3.05) is 12.4 Å². The molecule has 0 saturated carbocycles. The van der Waals surface area contributed by atoms with Crippen LogP contribution in [0.15, 0.2) is 0 Å². The van der Waals surface area contributed by atoms with E-state index in [1.54, 1.807) is 0 Å². The Kier molecular flexibility index (Phi) is 4.76. The molecule has 0 heterocycles. The number of halogens is 1. The number of alkyl halides is 1. The van der Waals surface area contributed by atoms with Crippen LogP contribution in [0.1, 0.15) is 13.3 Å². The van der Waals surface area contributed by atoms with E-state index in [1.807, 2.05) is 6.92 Å². The molecule has 0 spiro atoms. The maximum absolute atomic E-state index is 10.3. The van der Waals surface area contributed by atoms with Crippen LogP contribution in [0.2, 0.25) is 0 Å². The van der Waals surface area contributed by atoms with Gasteiger partial charge in [-0.25, -0.2) is 0 Å². The van der Waals surface area contributed by atoms with Crippen LogP contribution < -0.4 is 5.32 Å². The topological polar surface area (TPSA) is 29.1 Å². The standard InChI is InChI=1S/C5H10ClNO/c1-2-3-7-5(8)4-6/h2-4H2,1H3,(H,7,8). The van der Waals surface area contributed by atoms with Crippen LogP contribution in [-0.4, -0.2) is 18.3 Å². The largest absolute Gasteiger partial charge is 0.355 e. The van der Waals surface area contributed by atoms with E-state index in [0.29, 0.717) is 0 Å². The number of nitrogens with one attached hydrogen (secondary N) is 1. The molecule has 0 fully saturated rings. The van der Waals surface area contributed by atoms with Gasteiger partial charge in [-0.15, -0.1) is 11.6 Å². The number of hydrogen-bond acceptors (Lipinski definition) is 1. The molecule has 8 heavy (non-hydrogen) atoms. The fourth-order valence-corrected chi connectivity index (χ4v) is 0.406. The van der Waals surface area contributed by atoms with Gasteiger partial charge < -0.3 is 5.32 Å². The molecule has 48 valence electrons. The fourth-order valence-electron chi connectivity index (χ4n) is 0.312. The second kappa shape index (κ2) is 4.91. The Morgan fingerprint density at radius 2 is 2.38 bits per heavy atom. The first-order valence-corrected chi connectivity index (χ1v) is 3.17. The lowest BCUT2D eigenvalue weighted by Crippen LogP contribution is -2.24. The molecule has 0 radical (unpaired) electrons. The van der Waals surface area contributed by atoms with Gasteiger partial charge in [0.15, 0.2) is 0 Å². The number of amides is 1. The molecule has 1 amide bonds. The lowest BCUT2D eigenvalue weighted by atomic mass is 10.5. The first-order chi connectivity index (χ1) is 3.81. The van der Waals surface area contributed by atoms with E-state index < -0.39 is 0 Å². The molecule has 0 unspecified atom stereocenters. The van der Waals surface area contributed by atoms with Crippen molar-refractivity contribution in [3.63, 3.8) is 0 Å². The highest BCUT2D eigenvalue weighted by Crippen LogP contribution is 1.74. The Bertz CT molecular complexity index is 74.8. The van der Waals surface area contributed by atoms with E-state index in [9.17, 15) is 4.79 Å². The maximum Gasteiger partial charge on any atom is 0.234 e. The van der Waals surface area contributed by atoms with Gasteiger partial charge in [0, 0.05) is 6.54 Å². The molecule has 0 atom stereocenters. The van der Waals surface area contributed by atoms with Gasteiger partial charge in [0.1, 0.15) is 5.88 Å². The first-order valence-electron chi connectivity index (χ1n) is 2.64. The fraction of sp³-hybridized carbons (Fsp3) is 0.800. The van der Waals surface area contributed by atoms with Crippen LogP contribution in [0.25, 0.3) is 0 Å². The Labute approximate surface area is 54.2 Å². The average Bonchev–Trinajstić information content (AvgIpc) is 1.83. The van der Waals surface area contributed by atoms with Crippen molar-refractivity contribution < 1.29 is 4.79 Å². The summed E-state index contributed by atoms with van der Waals surface area (Å²) in [6, 6.07) is 0. The van der Waals surface area contributed by atoms with Gasteiger partial charge >= 0.3 is 0 Å². The number of carbonyl (C=O) groups excluding carboxylic acids is 1. The molecule has 0 saturated heterocycles. The minimum Gasteiger partial charge on any atom is -0.355 e. The lowest BCUT2D eigenvalue weighted by Gasteiger charge is -1.96. The minimum absolute atomic E-state index is 0.0694. The summed E-state index contributed by atoms with van der Waals surface area (Å²) in [5.41, 5.74) is 0. The molecule has 0 bridgehead atoms. The number of rotatable bonds is 3. The average molecular weight is 136 g/mol. The smallest absolute Gasteiger partial charge is 0.234 e. The van der Waals surface area contributed by atoms with Crippen molar-refractivity contribution in [2.24, 2.45) is 0 Å². The van der Waals surface area contributed by atoms with Gasteiger partial charge in [0.05, 0.1) is 0 Å². The molecule has 3 heteroatoms. The second-order valence-corrected chi connectivity index (χ2v) is 1.75. The molecule has 2 nitrogen and oxygen atoms in total. The molecular weight excluding hydrogens is 126 g/mol. The van der Waals surface area contributed by atoms with Gasteiger partial charge in [0.2, 0.25) is 5.91 Å². The summed E-state index contributed by atoms with van der Waals surface area (Å²) in [6.07, 6.45) is 0.961. The van der Waals surface area contributed by atoms with Crippen LogP contribution >= 0.6 is 11.6 Å². The summed E-state index contributed by atoms with van der Waals surface area (Å²) in [5.74, 6) is -0.0199. The molecule has 0 rings (SSSR count). The SMILES string of the molecule is CCCNC(=O)CCl. The van der Waals surface area contributed by atoms with Crippen molar-refractivity contribution in [2.45, 2.75) is 13.3 Å². The van der Waals surface area contributed by atoms with E-state index in [0.717, 1.165) is 13.0 Å². The Hall–Kier alpha value is -0.240. The van der Waals surface area contributed by atoms with Crippen molar-refractivity contribution in [1.82, 2.24) is 5.32 Å². The van der Waals surface area contributed by atoms with E-state index >= 15 is 0 Å². The highest BCUT2D eigenvalue weighted by atomic mass is 35.5. The third-order valence-electron chi connectivity index (χ3n) is 0.694. The summed E-state index contributed by atoms with van der Waals surface area (Å²) >= 11 is 5.18. The van der Waals surface area contributed by atoms with Crippen molar-refractivity contribution in [1.29, 1.82) is 0 Å². The van der Waals surface area contributed by atoms with E-state index in [1.165, 1.54) is 0 Å². The first kappa shape index (κ1) is 7.76. The van der Waals surface area contributed by atoms with Crippen LogP contribution in [0.3, 0.4) is 0 Å². The summed E-state index contributed by atoms with van der Waals surface area (Å²) in [6.45, 7) is 2.72. The molecule has 1 N–H and O–H groups in total. The van der Waals surface area contributed by atoms with Crippen LogP contribution in [0, 0.1) is 0 Å². The molecule has 0 aliphatic rings. The molecule has 0 aliphatic heterocycles. The van der Waals surface area contributed by atoms with Gasteiger partial charge in [-0.3, -0.25) is 4.79 Å². The lowest BCUT2D eigenvalue weighted by molar-refractivity contribution is -0.118. The van der Waals surface area contributed by atoms with Gasteiger partial charge in [0.25, 0.3) is 0 Å². The van der Waals surface area contributed by atoms with E-state index in [4.69, 9.17) is 11.6 Å². The third kappa shape index (κ3) is 3.93. The van der Waals surface area contributed by atoms with Gasteiger partial charge in [-0.1, -0.05) is 6.92 Å². The Morgan fingerprint density at radius 3 is 2.75 bits per heavy atom. The quantitative estimate of drug-likeness (QED) is 0.569. The number of hydrogen-bond donors (Lipinski definition) is 1. The Balaban J connectivity index is 2.99. The molecule has 0 aromatic heterocycles. The summed E-state index contributed by atoms with van der Waals surface area (Å²) in [5, 5.41) is 2.61. The predicted octanol–water partition coefficient (Wildman–Crippen LogP) is 0.751. The maximum atomic E-state index is 10.3. The molecular formula is C5H10ClNO. The highest BCUT2D eigenvalue weighted by Gasteiger charge is 1.92. The Morgan fingerprint density at radius 1 is 1.75 bits per heavy atom. The zero-order chi connectivity index (χ0) is 6.41. The highest BCUT2D eigenvalue weighted by molar-refractivity contribution is 6.27. The van der Waals surface area contributed by atoms with Crippen molar-refractivity contribution in [3.05, 3.63) is 0 Å². The van der Waals surface area contributed by atoms with Crippen molar-refractivity contribution in [3.8, 4) is 0 Å². The predicted molar refractivity (Wildman–Crippen MR) is 34.0 cm³/mol. The molecule has 0 aromatic rings. The summed E-state index contributed by atoms with van der Waals surface area (Å²) in [7, 11) is 0. The van der Waals surface area contributed by atoms with Crippen LogP contribution in [-0.2, 0) is 4.79 Å². The zero-order valence-electron chi connectivity index (χ0n) is 4.91. The number of carbonyl (C=O) groups is 1. The van der Waals surface area contributed by atoms with E-state index in [-0.39, 0.29) is 11.8 Å². The summed E-state index contributed by atoms with van der Waals surface area (Å²) < 4.78 is 0. The third-order valence-corrected chi connectivity index (χ3v) is 0.936. The van der Waals surface area contributed by atoms with Gasteiger partial charge in [-0.05, 0) is 6.42 Å². The van der Waals surface area contributed by atoms with Crippen molar-refractivity contribution >= 4 is 17.5 Å². The van der Waals surface area contributed by atoms with E-state index in [2.05, 4.69) is 5.32 Å². The monoisotopic (exact) mass is 135 g/mol. The second-order valence-electron chi connectivity index (χ2n) is 1.48. The van der Waals surface area contributed by atoms with Crippen LogP contribution in [0.4, 0.5) is 0 Å².